The minimum Gasteiger partial charge on any atom is -0.135 e. The van der Waals surface area contributed by atoms with Crippen molar-refractivity contribution in [3.05, 3.63) is 121 Å². The molecule has 0 nitrogen and oxygen atoms in total. The number of thiophene rings is 1. The zero-order valence-corrected chi connectivity index (χ0v) is 23.3. The van der Waals surface area contributed by atoms with Crippen molar-refractivity contribution in [2.75, 3.05) is 0 Å². The fourth-order valence-corrected chi connectivity index (χ4v) is 10.9. The summed E-state index contributed by atoms with van der Waals surface area (Å²) in [6.45, 7) is 5.00. The summed E-state index contributed by atoms with van der Waals surface area (Å²) < 4.78 is 2.72. The Morgan fingerprint density at radius 2 is 1.21 bits per heavy atom. The van der Waals surface area contributed by atoms with Gasteiger partial charge in [0.1, 0.15) is 8.07 Å². The van der Waals surface area contributed by atoms with E-state index in [-0.39, 0.29) is 0 Å². The minimum atomic E-state index is -1.80. The van der Waals surface area contributed by atoms with Crippen molar-refractivity contribution >= 4 is 60.7 Å². The van der Waals surface area contributed by atoms with Gasteiger partial charge >= 0.3 is 0 Å². The third-order valence-corrected chi connectivity index (χ3v) is 13.2. The third-order valence-electron chi connectivity index (χ3n) is 8.47. The molecule has 0 amide bonds. The quantitative estimate of drug-likeness (QED) is 0.200. The molecule has 1 aliphatic heterocycles. The molecule has 0 spiro atoms. The maximum absolute atomic E-state index is 2.50. The number of fused-ring (bicyclic) bond motifs is 5. The van der Waals surface area contributed by atoms with Crippen LogP contribution >= 0.6 is 11.3 Å². The average Bonchev–Trinajstić information content (AvgIpc) is 3.35. The van der Waals surface area contributed by atoms with Gasteiger partial charge < -0.3 is 0 Å². The van der Waals surface area contributed by atoms with E-state index in [9.17, 15) is 0 Å². The Labute approximate surface area is 227 Å². The van der Waals surface area contributed by atoms with Crippen molar-refractivity contribution in [1.82, 2.24) is 0 Å². The van der Waals surface area contributed by atoms with Gasteiger partial charge in [0.05, 0.1) is 0 Å². The second-order valence-corrected chi connectivity index (χ2v) is 16.3. The molecule has 2 heteroatoms. The Morgan fingerprint density at radius 3 is 2.13 bits per heavy atom. The summed E-state index contributed by atoms with van der Waals surface area (Å²) in [5, 5.41) is 8.61. The number of benzene rings is 6. The van der Waals surface area contributed by atoms with Crippen molar-refractivity contribution in [3.8, 4) is 33.4 Å². The highest BCUT2D eigenvalue weighted by atomic mass is 32.1. The van der Waals surface area contributed by atoms with Crippen molar-refractivity contribution in [2.45, 2.75) is 13.1 Å². The van der Waals surface area contributed by atoms with E-state index in [4.69, 9.17) is 0 Å². The Bertz CT molecular complexity index is 2060. The van der Waals surface area contributed by atoms with Gasteiger partial charge in [-0.05, 0) is 72.7 Å². The van der Waals surface area contributed by atoms with E-state index in [1.165, 1.54) is 64.3 Å². The molecule has 0 aliphatic carbocycles. The molecule has 0 radical (unpaired) electrons. The molecule has 1 aliphatic rings. The van der Waals surface area contributed by atoms with E-state index in [0.29, 0.717) is 0 Å². The normalized spacial score (nSPS) is 13.7. The van der Waals surface area contributed by atoms with Crippen LogP contribution in [0.15, 0.2) is 121 Å². The zero-order valence-electron chi connectivity index (χ0n) is 21.5. The largest absolute Gasteiger partial charge is 0.135 e. The lowest BCUT2D eigenvalue weighted by atomic mass is 9.93. The Morgan fingerprint density at radius 1 is 0.500 bits per heavy atom. The molecule has 0 fully saturated rings. The molecule has 6 aromatic carbocycles. The van der Waals surface area contributed by atoms with Gasteiger partial charge in [0.15, 0.2) is 0 Å². The molecule has 180 valence electrons. The number of hydrogen-bond acceptors (Lipinski definition) is 1. The first-order chi connectivity index (χ1) is 18.6. The lowest BCUT2D eigenvalue weighted by molar-refractivity contribution is 1.59. The topological polar surface area (TPSA) is 0 Å². The molecule has 8 rings (SSSR count). The zero-order chi connectivity index (χ0) is 25.4. The molecule has 2 heterocycles. The Balaban J connectivity index is 1.31. The third kappa shape index (κ3) is 3.08. The fraction of sp³-hybridized carbons (Fsp3) is 0.0556. The molecular formula is C36H26SSi. The van der Waals surface area contributed by atoms with E-state index < -0.39 is 8.07 Å². The second-order valence-electron chi connectivity index (χ2n) is 11.0. The lowest BCUT2D eigenvalue weighted by Gasteiger charge is -2.33. The average molecular weight is 519 g/mol. The summed E-state index contributed by atoms with van der Waals surface area (Å²) in [5.74, 6) is 0. The summed E-state index contributed by atoms with van der Waals surface area (Å²) >= 11 is 1.90. The molecule has 0 saturated carbocycles. The Hall–Kier alpha value is -3.98. The van der Waals surface area contributed by atoms with Gasteiger partial charge in [-0.1, -0.05) is 116 Å². The van der Waals surface area contributed by atoms with Crippen molar-refractivity contribution in [2.24, 2.45) is 0 Å². The van der Waals surface area contributed by atoms with Gasteiger partial charge in [0.25, 0.3) is 0 Å². The highest BCUT2D eigenvalue weighted by molar-refractivity contribution is 7.26. The smallest absolute Gasteiger partial charge is 0.113 e. The van der Waals surface area contributed by atoms with Gasteiger partial charge in [0.2, 0.25) is 0 Å². The van der Waals surface area contributed by atoms with Gasteiger partial charge in [-0.3, -0.25) is 0 Å². The summed E-state index contributed by atoms with van der Waals surface area (Å²) in [7, 11) is -1.80. The molecule has 0 saturated heterocycles. The van der Waals surface area contributed by atoms with Crippen LogP contribution in [0.5, 0.6) is 0 Å². The summed E-state index contributed by atoms with van der Waals surface area (Å²) in [6.07, 6.45) is 0. The molecule has 1 aromatic heterocycles. The SMILES string of the molecule is C[Si]1(C)c2ccc(-c3cccc(-c4cccc5c4sc4ccccc45)c3)cc2-c2cccc3cccc1c23. The van der Waals surface area contributed by atoms with E-state index in [2.05, 4.69) is 134 Å². The van der Waals surface area contributed by atoms with Crippen LogP contribution < -0.4 is 10.4 Å². The van der Waals surface area contributed by atoms with Gasteiger partial charge in [-0.2, -0.15) is 0 Å². The minimum absolute atomic E-state index is 1.27. The predicted molar refractivity (Wildman–Crippen MR) is 170 cm³/mol. The van der Waals surface area contributed by atoms with Crippen LogP contribution in [0, 0.1) is 0 Å². The van der Waals surface area contributed by atoms with Crippen LogP contribution in [0.25, 0.3) is 64.3 Å². The summed E-state index contributed by atoms with van der Waals surface area (Å²) in [6, 6.07) is 45.5. The van der Waals surface area contributed by atoms with Gasteiger partial charge in [-0.15, -0.1) is 11.3 Å². The molecule has 0 atom stereocenters. The molecule has 7 aromatic rings. The summed E-state index contributed by atoms with van der Waals surface area (Å²) in [4.78, 5) is 0. The van der Waals surface area contributed by atoms with E-state index in [1.807, 2.05) is 11.3 Å². The number of rotatable bonds is 2. The van der Waals surface area contributed by atoms with Crippen molar-refractivity contribution in [1.29, 1.82) is 0 Å². The van der Waals surface area contributed by atoms with E-state index in [0.717, 1.165) is 0 Å². The van der Waals surface area contributed by atoms with Crippen LogP contribution in [0.3, 0.4) is 0 Å². The van der Waals surface area contributed by atoms with Gasteiger partial charge in [0, 0.05) is 20.2 Å². The van der Waals surface area contributed by atoms with E-state index >= 15 is 0 Å². The molecule has 0 N–H and O–H groups in total. The summed E-state index contributed by atoms with van der Waals surface area (Å²) in [5.41, 5.74) is 7.95. The van der Waals surface area contributed by atoms with Crippen LogP contribution in [0.4, 0.5) is 0 Å². The standard InChI is InChI=1S/C36H26SSi/c1-38(2)33-20-19-25(22-31(33)29-15-6-9-23-10-7-18-34(38)35(23)29)24-11-5-12-26(21-24)27-14-8-16-30-28-13-3-4-17-32(28)37-36(27)30/h3-22H,1-2H3. The predicted octanol–water partition coefficient (Wildman–Crippen LogP) is 9.34. The van der Waals surface area contributed by atoms with Crippen LogP contribution in [-0.2, 0) is 0 Å². The Kier molecular flexibility index (Phi) is 4.64. The van der Waals surface area contributed by atoms with Crippen LogP contribution in [0.1, 0.15) is 0 Å². The number of hydrogen-bond donors (Lipinski definition) is 0. The monoisotopic (exact) mass is 518 g/mol. The van der Waals surface area contributed by atoms with Crippen molar-refractivity contribution in [3.63, 3.8) is 0 Å². The fourth-order valence-electron chi connectivity index (χ4n) is 6.56. The van der Waals surface area contributed by atoms with Crippen LogP contribution in [-0.4, -0.2) is 8.07 Å². The van der Waals surface area contributed by atoms with E-state index in [1.54, 1.807) is 10.4 Å². The molecule has 0 bridgehead atoms. The maximum atomic E-state index is 2.50. The molecule has 0 unspecified atom stereocenters. The van der Waals surface area contributed by atoms with Crippen LogP contribution in [0.2, 0.25) is 13.1 Å². The highest BCUT2D eigenvalue weighted by Crippen LogP contribution is 2.41. The molecular weight excluding hydrogens is 493 g/mol. The lowest BCUT2D eigenvalue weighted by Crippen LogP contribution is -2.55. The first-order valence-electron chi connectivity index (χ1n) is 13.3. The highest BCUT2D eigenvalue weighted by Gasteiger charge is 2.35. The van der Waals surface area contributed by atoms with Gasteiger partial charge in [-0.25, -0.2) is 0 Å². The van der Waals surface area contributed by atoms with Crippen molar-refractivity contribution < 1.29 is 0 Å². The first kappa shape index (κ1) is 22.0. The molecule has 38 heavy (non-hydrogen) atoms. The first-order valence-corrected chi connectivity index (χ1v) is 17.1. The maximum Gasteiger partial charge on any atom is 0.113 e. The second kappa shape index (κ2) is 8.01.